The maximum absolute atomic E-state index is 12.0. The lowest BCUT2D eigenvalue weighted by Gasteiger charge is -2.35. The summed E-state index contributed by atoms with van der Waals surface area (Å²) in [5.74, 6) is 0.518. The normalized spacial score (nSPS) is 19.5. The number of hydrogen-bond donors (Lipinski definition) is 1. The van der Waals surface area contributed by atoms with E-state index in [1.807, 2.05) is 30.3 Å². The highest BCUT2D eigenvalue weighted by Gasteiger charge is 2.25. The molecule has 1 aromatic rings. The fraction of sp³-hybridized carbons (Fsp3) is 0.533. The average Bonchev–Trinajstić information content (AvgIpc) is 2.46. The molecule has 0 radical (unpaired) electrons. The molecule has 1 heterocycles. The number of piperazine rings is 1. The largest absolute Gasteiger partial charge is 0.445 e. The number of nitrogens with one attached hydrogen (secondary N) is 1. The van der Waals surface area contributed by atoms with Crippen LogP contribution in [0, 0.1) is 5.92 Å². The lowest BCUT2D eigenvalue weighted by molar-refractivity contribution is 0.0809. The first-order chi connectivity index (χ1) is 9.16. The fourth-order valence-corrected chi connectivity index (χ4v) is 2.20. The molecule has 0 aromatic heterocycles. The molecule has 1 fully saturated rings. The van der Waals surface area contributed by atoms with E-state index in [0.717, 1.165) is 25.2 Å². The number of carbonyl (C=O) groups is 1. The van der Waals surface area contributed by atoms with Gasteiger partial charge in [-0.2, -0.15) is 0 Å². The molecule has 1 N–H and O–H groups in total. The van der Waals surface area contributed by atoms with Crippen LogP contribution >= 0.6 is 0 Å². The standard InChI is InChI=1S/C15H22N2O2/c1-12(2)14-10-17(9-8-16-14)15(18)19-11-13-6-4-3-5-7-13/h3-7,12,14,16H,8-11H2,1-2H3/t14-/m0/s1. The smallest absolute Gasteiger partial charge is 0.410 e. The van der Waals surface area contributed by atoms with Crippen molar-refractivity contribution in [3.05, 3.63) is 35.9 Å². The molecule has 0 spiro atoms. The van der Waals surface area contributed by atoms with Gasteiger partial charge in [0.2, 0.25) is 0 Å². The van der Waals surface area contributed by atoms with Crippen LogP contribution in [0.2, 0.25) is 0 Å². The Bertz CT molecular complexity index is 406. The molecule has 0 aliphatic carbocycles. The third-order valence-electron chi connectivity index (χ3n) is 3.47. The van der Waals surface area contributed by atoms with E-state index in [1.165, 1.54) is 0 Å². The molecule has 0 unspecified atom stereocenters. The summed E-state index contributed by atoms with van der Waals surface area (Å²) in [6.07, 6.45) is -0.212. The summed E-state index contributed by atoms with van der Waals surface area (Å²) < 4.78 is 5.35. The number of nitrogens with zero attached hydrogens (tertiary/aromatic N) is 1. The van der Waals surface area contributed by atoms with Crippen molar-refractivity contribution >= 4 is 6.09 Å². The Balaban J connectivity index is 1.83. The number of ether oxygens (including phenoxy) is 1. The molecule has 1 amide bonds. The third-order valence-corrected chi connectivity index (χ3v) is 3.47. The van der Waals surface area contributed by atoms with Gasteiger partial charge >= 0.3 is 6.09 Å². The van der Waals surface area contributed by atoms with Gasteiger partial charge in [0.05, 0.1) is 0 Å². The van der Waals surface area contributed by atoms with Crippen molar-refractivity contribution in [2.75, 3.05) is 19.6 Å². The second kappa shape index (κ2) is 6.57. The van der Waals surface area contributed by atoms with Crippen LogP contribution in [0.15, 0.2) is 30.3 Å². The SMILES string of the molecule is CC(C)[C@@H]1CN(C(=O)OCc2ccccc2)CCN1. The first kappa shape index (κ1) is 13.9. The van der Waals surface area contributed by atoms with Gasteiger partial charge in [-0.1, -0.05) is 44.2 Å². The molecule has 4 nitrogen and oxygen atoms in total. The van der Waals surface area contributed by atoms with Crippen molar-refractivity contribution < 1.29 is 9.53 Å². The Morgan fingerprint density at radius 2 is 2.16 bits per heavy atom. The van der Waals surface area contributed by atoms with Crippen LogP contribution in [-0.2, 0) is 11.3 Å². The Kier molecular flexibility index (Phi) is 4.80. The summed E-state index contributed by atoms with van der Waals surface area (Å²) in [5.41, 5.74) is 1.02. The van der Waals surface area contributed by atoms with Crippen LogP contribution in [0.4, 0.5) is 4.79 Å². The van der Waals surface area contributed by atoms with Gasteiger partial charge in [0.15, 0.2) is 0 Å². The van der Waals surface area contributed by atoms with Gasteiger partial charge in [-0.3, -0.25) is 0 Å². The quantitative estimate of drug-likeness (QED) is 0.908. The summed E-state index contributed by atoms with van der Waals surface area (Å²) in [4.78, 5) is 13.8. The zero-order valence-electron chi connectivity index (χ0n) is 11.6. The van der Waals surface area contributed by atoms with E-state index in [-0.39, 0.29) is 6.09 Å². The van der Waals surface area contributed by atoms with E-state index in [1.54, 1.807) is 4.90 Å². The van der Waals surface area contributed by atoms with Gasteiger partial charge in [0.25, 0.3) is 0 Å². The minimum absolute atomic E-state index is 0.212. The number of amides is 1. The van der Waals surface area contributed by atoms with E-state index in [4.69, 9.17) is 4.74 Å². The molecule has 1 saturated heterocycles. The average molecular weight is 262 g/mol. The molecular weight excluding hydrogens is 240 g/mol. The molecule has 19 heavy (non-hydrogen) atoms. The topological polar surface area (TPSA) is 41.6 Å². The van der Waals surface area contributed by atoms with Gasteiger partial charge in [0, 0.05) is 25.7 Å². The van der Waals surface area contributed by atoms with Gasteiger partial charge < -0.3 is 15.0 Å². The molecule has 4 heteroatoms. The number of rotatable bonds is 3. The molecule has 104 valence electrons. The molecule has 2 rings (SSSR count). The maximum atomic E-state index is 12.0. The Morgan fingerprint density at radius 3 is 2.84 bits per heavy atom. The summed E-state index contributed by atoms with van der Waals surface area (Å²) in [6.45, 7) is 6.95. The molecule has 1 atom stereocenters. The minimum atomic E-state index is -0.212. The summed E-state index contributed by atoms with van der Waals surface area (Å²) in [5, 5.41) is 3.43. The lowest BCUT2D eigenvalue weighted by Crippen LogP contribution is -2.54. The van der Waals surface area contributed by atoms with Crippen molar-refractivity contribution in [1.82, 2.24) is 10.2 Å². The van der Waals surface area contributed by atoms with Gasteiger partial charge in [0.1, 0.15) is 6.61 Å². The minimum Gasteiger partial charge on any atom is -0.445 e. The van der Waals surface area contributed by atoms with Gasteiger partial charge in [-0.05, 0) is 11.5 Å². The van der Waals surface area contributed by atoms with Crippen LogP contribution in [0.25, 0.3) is 0 Å². The van der Waals surface area contributed by atoms with Crippen LogP contribution in [-0.4, -0.2) is 36.7 Å². The number of carbonyl (C=O) groups excluding carboxylic acids is 1. The molecule has 1 aromatic carbocycles. The van der Waals surface area contributed by atoms with E-state index < -0.39 is 0 Å². The van der Waals surface area contributed by atoms with Gasteiger partial charge in [-0.25, -0.2) is 4.79 Å². The number of hydrogen-bond acceptors (Lipinski definition) is 3. The molecule has 0 bridgehead atoms. The van der Waals surface area contributed by atoms with E-state index >= 15 is 0 Å². The van der Waals surface area contributed by atoms with Crippen molar-refractivity contribution in [3.8, 4) is 0 Å². The Morgan fingerprint density at radius 1 is 1.42 bits per heavy atom. The first-order valence-electron chi connectivity index (χ1n) is 6.86. The molecule has 1 aliphatic rings. The molecule has 0 saturated carbocycles. The highest BCUT2D eigenvalue weighted by atomic mass is 16.6. The predicted octanol–water partition coefficient (Wildman–Crippen LogP) is 2.25. The predicted molar refractivity (Wildman–Crippen MR) is 74.8 cm³/mol. The van der Waals surface area contributed by atoms with Crippen LogP contribution in [0.1, 0.15) is 19.4 Å². The van der Waals surface area contributed by atoms with E-state index in [0.29, 0.717) is 18.6 Å². The highest BCUT2D eigenvalue weighted by Crippen LogP contribution is 2.10. The first-order valence-corrected chi connectivity index (χ1v) is 6.86. The zero-order valence-corrected chi connectivity index (χ0v) is 11.6. The van der Waals surface area contributed by atoms with Crippen molar-refractivity contribution in [2.45, 2.75) is 26.5 Å². The van der Waals surface area contributed by atoms with E-state index in [9.17, 15) is 4.79 Å². The Labute approximate surface area is 114 Å². The Hall–Kier alpha value is -1.55. The number of benzene rings is 1. The van der Waals surface area contributed by atoms with Crippen LogP contribution < -0.4 is 5.32 Å². The van der Waals surface area contributed by atoms with Crippen molar-refractivity contribution in [1.29, 1.82) is 0 Å². The summed E-state index contributed by atoms with van der Waals surface area (Å²) >= 11 is 0. The summed E-state index contributed by atoms with van der Waals surface area (Å²) in [7, 11) is 0. The zero-order chi connectivity index (χ0) is 13.7. The summed E-state index contributed by atoms with van der Waals surface area (Å²) in [6, 6.07) is 10.1. The van der Waals surface area contributed by atoms with Gasteiger partial charge in [-0.15, -0.1) is 0 Å². The third kappa shape index (κ3) is 3.96. The van der Waals surface area contributed by atoms with Crippen molar-refractivity contribution in [3.63, 3.8) is 0 Å². The van der Waals surface area contributed by atoms with Crippen LogP contribution in [0.3, 0.4) is 0 Å². The van der Waals surface area contributed by atoms with Crippen LogP contribution in [0.5, 0.6) is 0 Å². The second-order valence-corrected chi connectivity index (χ2v) is 5.29. The second-order valence-electron chi connectivity index (χ2n) is 5.29. The maximum Gasteiger partial charge on any atom is 0.410 e. The fourth-order valence-electron chi connectivity index (χ4n) is 2.20. The molecular formula is C15H22N2O2. The van der Waals surface area contributed by atoms with E-state index in [2.05, 4.69) is 19.2 Å². The lowest BCUT2D eigenvalue weighted by atomic mass is 10.0. The molecule has 1 aliphatic heterocycles. The monoisotopic (exact) mass is 262 g/mol. The highest BCUT2D eigenvalue weighted by molar-refractivity contribution is 5.67. The van der Waals surface area contributed by atoms with Crippen molar-refractivity contribution in [2.24, 2.45) is 5.92 Å².